The molecule has 0 radical (unpaired) electrons. The van der Waals surface area contributed by atoms with E-state index in [2.05, 4.69) is 27.8 Å². The molecular weight excluding hydrogens is 512 g/mol. The molecule has 5 nitrogen and oxygen atoms in total. The lowest BCUT2D eigenvalue weighted by molar-refractivity contribution is 0.102. The van der Waals surface area contributed by atoms with E-state index >= 15 is 0 Å². The zero-order valence-corrected chi connectivity index (χ0v) is 21.5. The number of fused-ring (bicyclic) bond motifs is 1. The van der Waals surface area contributed by atoms with Crippen molar-refractivity contribution >= 4 is 50.1 Å². The molecule has 1 N–H and O–H groups in total. The van der Waals surface area contributed by atoms with E-state index in [9.17, 15) is 4.79 Å². The van der Waals surface area contributed by atoms with Crippen molar-refractivity contribution in [3.05, 3.63) is 81.2 Å². The third-order valence-electron chi connectivity index (χ3n) is 5.42. The SMILES string of the molecule is C=CCOc1c(Br)cc(C=Nc2sc3c(c2C(=O)Nc2ccccc2)CCCC3)cc1OCC. The molecule has 176 valence electrons. The molecule has 4 rings (SSSR count). The summed E-state index contributed by atoms with van der Waals surface area (Å²) in [5.41, 5.74) is 3.46. The van der Waals surface area contributed by atoms with Gasteiger partial charge in [0.05, 0.1) is 16.6 Å². The molecule has 34 heavy (non-hydrogen) atoms. The van der Waals surface area contributed by atoms with E-state index in [0.29, 0.717) is 30.3 Å². The first-order valence-electron chi connectivity index (χ1n) is 11.4. The standard InChI is InChI=1S/C27H27BrN2O3S/c1-3-14-33-25-21(28)15-18(16-22(25)32-4-2)17-29-27-24(20-12-8-9-13-23(20)34-27)26(31)30-19-10-6-5-7-11-19/h3,5-7,10-11,15-17H,1,4,8-9,12-14H2,2H3,(H,30,31). The number of anilines is 1. The minimum absolute atomic E-state index is 0.109. The summed E-state index contributed by atoms with van der Waals surface area (Å²) >= 11 is 5.20. The van der Waals surface area contributed by atoms with E-state index in [4.69, 9.17) is 14.5 Å². The molecule has 0 spiro atoms. The van der Waals surface area contributed by atoms with Gasteiger partial charge in [0, 0.05) is 16.8 Å². The van der Waals surface area contributed by atoms with E-state index in [1.807, 2.05) is 49.4 Å². The Labute approximate surface area is 212 Å². The molecule has 0 atom stereocenters. The van der Waals surface area contributed by atoms with Crippen LogP contribution in [0.5, 0.6) is 11.5 Å². The van der Waals surface area contributed by atoms with Crippen molar-refractivity contribution in [1.82, 2.24) is 0 Å². The summed E-state index contributed by atoms with van der Waals surface area (Å²) in [6.07, 6.45) is 7.62. The molecule has 3 aromatic rings. The minimum Gasteiger partial charge on any atom is -0.490 e. The van der Waals surface area contributed by atoms with Crippen molar-refractivity contribution in [2.45, 2.75) is 32.6 Å². The molecular formula is C27H27BrN2O3S. The van der Waals surface area contributed by atoms with Crippen LogP contribution in [0.4, 0.5) is 10.7 Å². The van der Waals surface area contributed by atoms with Crippen LogP contribution >= 0.6 is 27.3 Å². The Balaban J connectivity index is 1.67. The van der Waals surface area contributed by atoms with Gasteiger partial charge < -0.3 is 14.8 Å². The number of benzene rings is 2. The van der Waals surface area contributed by atoms with Crippen LogP contribution in [0, 0.1) is 0 Å². The zero-order chi connectivity index (χ0) is 23.9. The quantitative estimate of drug-likeness (QED) is 0.228. The first-order chi connectivity index (χ1) is 16.6. The lowest BCUT2D eigenvalue weighted by Gasteiger charge is -2.13. The Morgan fingerprint density at radius 2 is 2.00 bits per heavy atom. The Bertz CT molecular complexity index is 1200. The van der Waals surface area contributed by atoms with Gasteiger partial charge in [-0.2, -0.15) is 0 Å². The molecule has 1 heterocycles. The van der Waals surface area contributed by atoms with Gasteiger partial charge in [-0.05, 0) is 83.9 Å². The van der Waals surface area contributed by atoms with E-state index in [-0.39, 0.29) is 5.91 Å². The van der Waals surface area contributed by atoms with Gasteiger partial charge in [0.25, 0.3) is 5.91 Å². The fourth-order valence-corrected chi connectivity index (χ4v) is 5.74. The van der Waals surface area contributed by atoms with Crippen LogP contribution in [0.3, 0.4) is 0 Å². The maximum atomic E-state index is 13.3. The minimum atomic E-state index is -0.109. The average molecular weight is 539 g/mol. The lowest BCUT2D eigenvalue weighted by atomic mass is 9.95. The van der Waals surface area contributed by atoms with Crippen molar-refractivity contribution in [2.75, 3.05) is 18.5 Å². The first kappa shape index (κ1) is 24.2. The third-order valence-corrected chi connectivity index (χ3v) is 7.21. The highest BCUT2D eigenvalue weighted by molar-refractivity contribution is 9.10. The van der Waals surface area contributed by atoms with Crippen LogP contribution in [-0.4, -0.2) is 25.3 Å². The van der Waals surface area contributed by atoms with Gasteiger partial charge in [-0.1, -0.05) is 30.9 Å². The molecule has 0 saturated carbocycles. The van der Waals surface area contributed by atoms with Gasteiger partial charge in [-0.3, -0.25) is 4.79 Å². The van der Waals surface area contributed by atoms with Crippen molar-refractivity contribution in [1.29, 1.82) is 0 Å². The van der Waals surface area contributed by atoms with Gasteiger partial charge in [0.2, 0.25) is 0 Å². The Kier molecular flexibility index (Phi) is 8.19. The second kappa shape index (κ2) is 11.5. The van der Waals surface area contributed by atoms with Crippen LogP contribution in [0.15, 0.2) is 64.6 Å². The van der Waals surface area contributed by atoms with Crippen LogP contribution in [-0.2, 0) is 12.8 Å². The van der Waals surface area contributed by atoms with E-state index in [0.717, 1.165) is 52.0 Å². The molecule has 0 aliphatic heterocycles. The van der Waals surface area contributed by atoms with Gasteiger partial charge in [0.1, 0.15) is 11.6 Å². The number of aliphatic imine (C=N–C) groups is 1. The number of halogens is 1. The second-order valence-electron chi connectivity index (χ2n) is 7.83. The summed E-state index contributed by atoms with van der Waals surface area (Å²) < 4.78 is 12.3. The monoisotopic (exact) mass is 538 g/mol. The van der Waals surface area contributed by atoms with Crippen molar-refractivity contribution in [3.8, 4) is 11.5 Å². The predicted molar refractivity (Wildman–Crippen MR) is 144 cm³/mol. The molecule has 0 saturated heterocycles. The molecule has 1 amide bonds. The van der Waals surface area contributed by atoms with Crippen LogP contribution in [0.1, 0.15) is 46.1 Å². The highest BCUT2D eigenvalue weighted by atomic mass is 79.9. The molecule has 1 aliphatic rings. The number of rotatable bonds is 9. The topological polar surface area (TPSA) is 59.9 Å². The molecule has 1 aliphatic carbocycles. The predicted octanol–water partition coefficient (Wildman–Crippen LogP) is 7.36. The molecule has 0 unspecified atom stereocenters. The van der Waals surface area contributed by atoms with Crippen molar-refractivity contribution in [3.63, 3.8) is 0 Å². The number of amides is 1. The molecule has 1 aromatic heterocycles. The largest absolute Gasteiger partial charge is 0.490 e. The molecule has 0 bridgehead atoms. The number of nitrogens with zero attached hydrogens (tertiary/aromatic N) is 1. The number of carbonyl (C=O) groups is 1. The molecule has 0 fully saturated rings. The van der Waals surface area contributed by atoms with Gasteiger partial charge in [0.15, 0.2) is 11.5 Å². The summed E-state index contributed by atoms with van der Waals surface area (Å²) in [6.45, 7) is 6.53. The van der Waals surface area contributed by atoms with Crippen molar-refractivity contribution in [2.24, 2.45) is 4.99 Å². The number of carbonyl (C=O) groups excluding carboxylic acids is 1. The number of hydrogen-bond donors (Lipinski definition) is 1. The first-order valence-corrected chi connectivity index (χ1v) is 13.0. The lowest BCUT2D eigenvalue weighted by Crippen LogP contribution is -2.14. The fourth-order valence-electron chi connectivity index (χ4n) is 3.93. The summed E-state index contributed by atoms with van der Waals surface area (Å²) in [5.74, 6) is 1.16. The summed E-state index contributed by atoms with van der Waals surface area (Å²) in [4.78, 5) is 19.3. The summed E-state index contributed by atoms with van der Waals surface area (Å²) in [5, 5.41) is 3.77. The van der Waals surface area contributed by atoms with Gasteiger partial charge >= 0.3 is 0 Å². The zero-order valence-electron chi connectivity index (χ0n) is 19.1. The summed E-state index contributed by atoms with van der Waals surface area (Å²) in [7, 11) is 0. The number of aryl methyl sites for hydroxylation is 1. The maximum absolute atomic E-state index is 13.3. The van der Waals surface area contributed by atoms with E-state index in [1.165, 1.54) is 4.88 Å². The van der Waals surface area contributed by atoms with E-state index in [1.54, 1.807) is 23.6 Å². The van der Waals surface area contributed by atoms with Crippen LogP contribution in [0.25, 0.3) is 0 Å². The number of nitrogens with one attached hydrogen (secondary N) is 1. The normalized spacial score (nSPS) is 12.9. The molecule has 7 heteroatoms. The highest BCUT2D eigenvalue weighted by Gasteiger charge is 2.25. The van der Waals surface area contributed by atoms with Crippen molar-refractivity contribution < 1.29 is 14.3 Å². The Hall–Kier alpha value is -2.90. The van der Waals surface area contributed by atoms with Crippen LogP contribution < -0.4 is 14.8 Å². The number of para-hydroxylation sites is 1. The van der Waals surface area contributed by atoms with Gasteiger partial charge in [-0.25, -0.2) is 4.99 Å². The second-order valence-corrected chi connectivity index (χ2v) is 9.77. The fraction of sp³-hybridized carbons (Fsp3) is 0.259. The number of thiophene rings is 1. The summed E-state index contributed by atoms with van der Waals surface area (Å²) in [6, 6.07) is 13.4. The Morgan fingerprint density at radius 3 is 2.76 bits per heavy atom. The number of hydrogen-bond acceptors (Lipinski definition) is 5. The van der Waals surface area contributed by atoms with Crippen LogP contribution in [0.2, 0.25) is 0 Å². The highest BCUT2D eigenvalue weighted by Crippen LogP contribution is 2.41. The molecule has 2 aromatic carbocycles. The number of ether oxygens (including phenoxy) is 2. The van der Waals surface area contributed by atoms with Gasteiger partial charge in [-0.15, -0.1) is 11.3 Å². The third kappa shape index (κ3) is 5.59. The Morgan fingerprint density at radius 1 is 1.21 bits per heavy atom. The average Bonchev–Trinajstić information content (AvgIpc) is 3.22. The smallest absolute Gasteiger partial charge is 0.259 e. The van der Waals surface area contributed by atoms with E-state index < -0.39 is 0 Å². The maximum Gasteiger partial charge on any atom is 0.259 e.